The van der Waals surface area contributed by atoms with Crippen molar-refractivity contribution in [2.24, 2.45) is 5.92 Å². The number of nitrogens with one attached hydrogen (secondary N) is 1. The van der Waals surface area contributed by atoms with Crippen LogP contribution in [0.2, 0.25) is 0 Å². The van der Waals surface area contributed by atoms with E-state index >= 15 is 0 Å². The van der Waals surface area contributed by atoms with E-state index in [-0.39, 0.29) is 17.5 Å². The molecular formula is C17H19NO4. The summed E-state index contributed by atoms with van der Waals surface area (Å²) in [5, 5.41) is 25.3. The Labute approximate surface area is 128 Å². The molecule has 1 saturated carbocycles. The average Bonchev–Trinajstić information content (AvgIpc) is 2.83. The van der Waals surface area contributed by atoms with Crippen molar-refractivity contribution in [2.45, 2.75) is 42.8 Å². The molecule has 22 heavy (non-hydrogen) atoms. The van der Waals surface area contributed by atoms with E-state index in [0.29, 0.717) is 25.0 Å². The van der Waals surface area contributed by atoms with E-state index in [4.69, 9.17) is 4.74 Å². The second kappa shape index (κ2) is 3.84. The number of carbonyl (C=O) groups excluding carboxylic acids is 1. The fraction of sp³-hybridized carbons (Fsp3) is 0.588. The number of rotatable bonds is 0. The second-order valence-electron chi connectivity index (χ2n) is 7.16. The van der Waals surface area contributed by atoms with Crippen molar-refractivity contribution in [1.82, 2.24) is 5.32 Å². The molecule has 1 saturated heterocycles. The van der Waals surface area contributed by atoms with Crippen LogP contribution >= 0.6 is 0 Å². The number of aromatic hydroxyl groups is 1. The Kier molecular flexibility index (Phi) is 2.25. The van der Waals surface area contributed by atoms with Gasteiger partial charge in [-0.25, -0.2) is 0 Å². The van der Waals surface area contributed by atoms with Crippen LogP contribution in [0.4, 0.5) is 0 Å². The van der Waals surface area contributed by atoms with Gasteiger partial charge >= 0.3 is 0 Å². The number of Topliss-reactive ketones (excluding diaryl/α,β-unsaturated/α-hetero) is 1. The number of ether oxygens (including phenoxy) is 1. The van der Waals surface area contributed by atoms with Gasteiger partial charge in [-0.1, -0.05) is 6.07 Å². The maximum absolute atomic E-state index is 12.5. The lowest BCUT2D eigenvalue weighted by Gasteiger charge is -2.55. The van der Waals surface area contributed by atoms with E-state index in [1.165, 1.54) is 0 Å². The molecule has 2 aliphatic heterocycles. The van der Waals surface area contributed by atoms with Crippen molar-refractivity contribution in [1.29, 1.82) is 0 Å². The van der Waals surface area contributed by atoms with E-state index in [1.807, 2.05) is 6.07 Å². The molecule has 3 N–H and O–H groups in total. The van der Waals surface area contributed by atoms with Crippen LogP contribution in [0, 0.1) is 5.92 Å². The SMILES string of the molecule is O=C1CC[C@@]2(O)[C@@H]3CNCC[C@@]24c2c(ccc(O)c2O[C@@H]14)C3. The molecular weight excluding hydrogens is 282 g/mol. The van der Waals surface area contributed by atoms with Gasteiger partial charge < -0.3 is 20.3 Å². The fourth-order valence-corrected chi connectivity index (χ4v) is 5.47. The maximum atomic E-state index is 12.5. The quantitative estimate of drug-likeness (QED) is 0.656. The molecule has 2 bridgehead atoms. The standard InChI is InChI=1S/C17H19NO4/c19-11-2-1-9-7-10-8-18-6-5-16-13(9)14(11)22-15(16)12(20)3-4-17(10,16)21/h1-2,10,15,18-19,21H,3-8H2/t10-,15-,16-,17+/m0/s1. The van der Waals surface area contributed by atoms with Crippen LogP contribution in [0.3, 0.4) is 0 Å². The van der Waals surface area contributed by atoms with Crippen molar-refractivity contribution in [2.75, 3.05) is 13.1 Å². The first kappa shape index (κ1) is 12.9. The summed E-state index contributed by atoms with van der Waals surface area (Å²) in [4.78, 5) is 12.5. The lowest BCUT2D eigenvalue weighted by atomic mass is 9.49. The molecule has 116 valence electrons. The molecule has 0 amide bonds. The summed E-state index contributed by atoms with van der Waals surface area (Å²) in [6, 6.07) is 3.58. The van der Waals surface area contributed by atoms with Gasteiger partial charge in [0.1, 0.15) is 0 Å². The third-order valence-corrected chi connectivity index (χ3v) is 6.40. The summed E-state index contributed by atoms with van der Waals surface area (Å²) in [5.41, 5.74) is 0.385. The highest BCUT2D eigenvalue weighted by Gasteiger charge is 2.70. The summed E-state index contributed by atoms with van der Waals surface area (Å²) in [6.07, 6.45) is 1.62. The van der Waals surface area contributed by atoms with Gasteiger partial charge in [0.15, 0.2) is 23.4 Å². The summed E-state index contributed by atoms with van der Waals surface area (Å²) in [7, 11) is 0. The average molecular weight is 301 g/mol. The lowest BCUT2D eigenvalue weighted by Crippen LogP contribution is -2.68. The number of phenolic OH excluding ortho intramolecular Hbond substituents is 1. The molecule has 0 radical (unpaired) electrons. The highest BCUT2D eigenvalue weighted by molar-refractivity contribution is 5.89. The molecule has 1 aromatic carbocycles. The van der Waals surface area contributed by atoms with E-state index < -0.39 is 17.1 Å². The monoisotopic (exact) mass is 301 g/mol. The molecule has 0 unspecified atom stereocenters. The highest BCUT2D eigenvalue weighted by atomic mass is 16.5. The van der Waals surface area contributed by atoms with Gasteiger partial charge in [0, 0.05) is 24.4 Å². The topological polar surface area (TPSA) is 78.8 Å². The smallest absolute Gasteiger partial charge is 0.174 e. The second-order valence-corrected chi connectivity index (χ2v) is 7.16. The Hall–Kier alpha value is -1.59. The fourth-order valence-electron chi connectivity index (χ4n) is 5.47. The van der Waals surface area contributed by atoms with E-state index in [0.717, 1.165) is 30.6 Å². The lowest BCUT2D eigenvalue weighted by molar-refractivity contribution is -0.162. The van der Waals surface area contributed by atoms with E-state index in [1.54, 1.807) is 6.07 Å². The van der Waals surface area contributed by atoms with Gasteiger partial charge in [-0.2, -0.15) is 0 Å². The molecule has 4 aliphatic rings. The van der Waals surface area contributed by atoms with Crippen LogP contribution in [0.25, 0.3) is 0 Å². The minimum atomic E-state index is -0.929. The van der Waals surface area contributed by atoms with E-state index in [9.17, 15) is 15.0 Å². The van der Waals surface area contributed by atoms with Gasteiger partial charge in [-0.3, -0.25) is 4.79 Å². The van der Waals surface area contributed by atoms with Gasteiger partial charge in [-0.15, -0.1) is 0 Å². The van der Waals surface area contributed by atoms with Gasteiger partial charge in [0.05, 0.1) is 11.0 Å². The van der Waals surface area contributed by atoms with Crippen LogP contribution in [-0.4, -0.2) is 40.8 Å². The first-order chi connectivity index (χ1) is 10.6. The largest absolute Gasteiger partial charge is 0.504 e. The van der Waals surface area contributed by atoms with Crippen molar-refractivity contribution in [3.8, 4) is 11.5 Å². The molecule has 2 heterocycles. The molecule has 0 aromatic heterocycles. The normalized spacial score (nSPS) is 41.6. The maximum Gasteiger partial charge on any atom is 0.174 e. The molecule has 2 aliphatic carbocycles. The third kappa shape index (κ3) is 1.19. The number of benzene rings is 1. The number of carbonyl (C=O) groups is 1. The molecule has 1 spiro atoms. The van der Waals surface area contributed by atoms with Crippen molar-refractivity contribution < 1.29 is 19.7 Å². The summed E-state index contributed by atoms with van der Waals surface area (Å²) < 4.78 is 5.96. The Balaban J connectivity index is 1.88. The molecule has 5 heteroatoms. The summed E-state index contributed by atoms with van der Waals surface area (Å²) >= 11 is 0. The van der Waals surface area contributed by atoms with E-state index in [2.05, 4.69) is 5.32 Å². The zero-order valence-corrected chi connectivity index (χ0v) is 12.3. The molecule has 5 nitrogen and oxygen atoms in total. The summed E-state index contributed by atoms with van der Waals surface area (Å²) in [5.74, 6) is 0.635. The van der Waals surface area contributed by atoms with Crippen LogP contribution in [-0.2, 0) is 16.6 Å². The minimum Gasteiger partial charge on any atom is -0.504 e. The third-order valence-electron chi connectivity index (χ3n) is 6.40. The van der Waals surface area contributed by atoms with Crippen molar-refractivity contribution in [3.05, 3.63) is 23.3 Å². The van der Waals surface area contributed by atoms with Crippen LogP contribution in [0.1, 0.15) is 30.4 Å². The Morgan fingerprint density at radius 2 is 2.18 bits per heavy atom. The van der Waals surface area contributed by atoms with Gasteiger partial charge in [0.25, 0.3) is 0 Å². The Morgan fingerprint density at radius 1 is 1.32 bits per heavy atom. The Morgan fingerprint density at radius 3 is 3.05 bits per heavy atom. The zero-order chi connectivity index (χ0) is 15.1. The first-order valence-electron chi connectivity index (χ1n) is 8.06. The number of hydrogen-bond acceptors (Lipinski definition) is 5. The predicted molar refractivity (Wildman–Crippen MR) is 78.1 cm³/mol. The Bertz CT molecular complexity index is 702. The van der Waals surface area contributed by atoms with Crippen molar-refractivity contribution >= 4 is 5.78 Å². The van der Waals surface area contributed by atoms with Crippen molar-refractivity contribution in [3.63, 3.8) is 0 Å². The summed E-state index contributed by atoms with van der Waals surface area (Å²) in [6.45, 7) is 1.51. The van der Waals surface area contributed by atoms with Crippen LogP contribution in [0.5, 0.6) is 11.5 Å². The highest BCUT2D eigenvalue weighted by Crippen LogP contribution is 2.64. The van der Waals surface area contributed by atoms with Crippen LogP contribution < -0.4 is 10.1 Å². The molecule has 1 aromatic rings. The minimum absolute atomic E-state index is 0.0498. The molecule has 4 atom stereocenters. The van der Waals surface area contributed by atoms with Crippen LogP contribution in [0.15, 0.2) is 12.1 Å². The number of phenols is 1. The number of aliphatic hydroxyl groups is 1. The van der Waals surface area contributed by atoms with Gasteiger partial charge in [0.2, 0.25) is 0 Å². The zero-order valence-electron chi connectivity index (χ0n) is 12.3. The molecule has 5 rings (SSSR count). The number of ketones is 1. The van der Waals surface area contributed by atoms with Gasteiger partial charge in [-0.05, 0) is 37.4 Å². The number of hydrogen-bond donors (Lipinski definition) is 3. The molecule has 2 fully saturated rings. The first-order valence-corrected chi connectivity index (χ1v) is 8.06. The predicted octanol–water partition coefficient (Wildman–Crippen LogP) is 0.651.